The van der Waals surface area contributed by atoms with Crippen molar-refractivity contribution in [1.29, 1.82) is 0 Å². The van der Waals surface area contributed by atoms with Gasteiger partial charge >= 0.3 is 0 Å². The Labute approximate surface area is 395 Å². The molecule has 16 nitrogen and oxygen atoms in total. The van der Waals surface area contributed by atoms with Gasteiger partial charge in [0.15, 0.2) is 0 Å². The van der Waals surface area contributed by atoms with Crippen LogP contribution in [0.5, 0.6) is 0 Å². The normalized spacial score (nSPS) is 10.7. The van der Waals surface area contributed by atoms with E-state index in [1.165, 1.54) is 53.1 Å². The zero-order valence-corrected chi connectivity index (χ0v) is 38.0. The first kappa shape index (κ1) is 50.9. The minimum absolute atomic E-state index is 0.0798. The molecule has 0 unspecified atom stereocenters. The summed E-state index contributed by atoms with van der Waals surface area (Å²) in [4.78, 5) is 51.9. The zero-order chi connectivity index (χ0) is 48.7. The minimum atomic E-state index is -0.412. The standard InChI is InChI=1S/C21H20N2O2.C17H19N3O4.C14H15N3O2/c24-23(25)21-13-11-20(12-14-21)17-22(15-18-7-3-1-4-8-18)16-19-9-5-2-6-10-19;1-2-11-18(12-14-3-7-16(8-4-14)19(21)22)13-15-5-9-17(10-6-15)20(23)24;1-16(11-13-6-8-15-9-7-13)10-12-2-4-14(5-3-12)17(18)19/h1-14H,15-17H2;3-10H,2,11-13H2,1H3;2-9H,10-11H2,1H3. The van der Waals surface area contributed by atoms with Gasteiger partial charge in [0.2, 0.25) is 0 Å². The molecule has 0 aliphatic heterocycles. The molecule has 0 atom stereocenters. The first-order valence-electron chi connectivity index (χ1n) is 21.9. The lowest BCUT2D eigenvalue weighted by Crippen LogP contribution is -2.23. The van der Waals surface area contributed by atoms with Crippen LogP contribution in [0.4, 0.5) is 22.7 Å². The van der Waals surface area contributed by atoms with Crippen molar-refractivity contribution in [3.8, 4) is 0 Å². The Hall–Kier alpha value is -8.05. The molecule has 68 heavy (non-hydrogen) atoms. The fraction of sp³-hybridized carbons (Fsp3) is 0.212. The van der Waals surface area contributed by atoms with E-state index >= 15 is 0 Å². The van der Waals surface area contributed by atoms with Crippen LogP contribution in [0.3, 0.4) is 0 Å². The maximum Gasteiger partial charge on any atom is 0.269 e. The Morgan fingerprint density at radius 2 is 0.632 bits per heavy atom. The number of nitrogens with zero attached hydrogens (tertiary/aromatic N) is 8. The highest BCUT2D eigenvalue weighted by Crippen LogP contribution is 2.20. The van der Waals surface area contributed by atoms with Gasteiger partial charge in [-0.25, -0.2) is 0 Å². The molecular weight excluding hydrogens is 865 g/mol. The molecule has 0 spiro atoms. The van der Waals surface area contributed by atoms with Crippen LogP contribution in [-0.2, 0) is 45.8 Å². The van der Waals surface area contributed by atoms with Crippen LogP contribution in [-0.4, -0.2) is 53.0 Å². The maximum atomic E-state index is 10.8. The molecule has 0 radical (unpaired) electrons. The van der Waals surface area contributed by atoms with Crippen molar-refractivity contribution in [1.82, 2.24) is 19.7 Å². The monoisotopic (exact) mass is 918 g/mol. The Bertz CT molecular complexity index is 2520. The fourth-order valence-corrected chi connectivity index (χ4v) is 7.22. The predicted molar refractivity (Wildman–Crippen MR) is 262 cm³/mol. The van der Waals surface area contributed by atoms with Crippen molar-refractivity contribution in [3.63, 3.8) is 0 Å². The van der Waals surface area contributed by atoms with Gasteiger partial charge in [-0.2, -0.15) is 0 Å². The van der Waals surface area contributed by atoms with Gasteiger partial charge < -0.3 is 0 Å². The molecule has 0 amide bonds. The largest absolute Gasteiger partial charge is 0.298 e. The van der Waals surface area contributed by atoms with Crippen molar-refractivity contribution in [2.45, 2.75) is 59.2 Å². The number of rotatable bonds is 20. The summed E-state index contributed by atoms with van der Waals surface area (Å²) in [6, 6.07) is 51.2. The molecule has 0 fully saturated rings. The minimum Gasteiger partial charge on any atom is -0.298 e. The van der Waals surface area contributed by atoms with E-state index in [4.69, 9.17) is 0 Å². The van der Waals surface area contributed by atoms with Crippen molar-refractivity contribution >= 4 is 22.7 Å². The van der Waals surface area contributed by atoms with Crippen LogP contribution < -0.4 is 0 Å². The van der Waals surface area contributed by atoms with Crippen LogP contribution in [0.1, 0.15) is 52.3 Å². The molecule has 7 aromatic rings. The van der Waals surface area contributed by atoms with Crippen molar-refractivity contribution in [2.75, 3.05) is 13.6 Å². The van der Waals surface area contributed by atoms with E-state index in [2.05, 4.69) is 50.9 Å². The molecule has 0 saturated carbocycles. The van der Waals surface area contributed by atoms with Crippen LogP contribution in [0.25, 0.3) is 0 Å². The van der Waals surface area contributed by atoms with E-state index in [0.717, 1.165) is 67.9 Å². The molecule has 0 aliphatic carbocycles. The average Bonchev–Trinajstić information content (AvgIpc) is 3.33. The predicted octanol–water partition coefficient (Wildman–Crippen LogP) is 11.3. The summed E-state index contributed by atoms with van der Waals surface area (Å²) in [6.07, 6.45) is 4.52. The molecule has 0 saturated heterocycles. The summed E-state index contributed by atoms with van der Waals surface area (Å²) < 4.78 is 0. The quantitative estimate of drug-likeness (QED) is 0.0519. The lowest BCUT2D eigenvalue weighted by Gasteiger charge is -2.23. The average molecular weight is 919 g/mol. The number of hydrogen-bond acceptors (Lipinski definition) is 12. The number of benzene rings is 6. The van der Waals surface area contributed by atoms with E-state index in [9.17, 15) is 40.5 Å². The van der Waals surface area contributed by atoms with Crippen molar-refractivity contribution in [3.05, 3.63) is 262 Å². The molecule has 0 bridgehead atoms. The van der Waals surface area contributed by atoms with Gasteiger partial charge in [-0.3, -0.25) is 60.1 Å². The first-order chi connectivity index (χ1) is 32.8. The molecule has 1 heterocycles. The first-order valence-corrected chi connectivity index (χ1v) is 21.9. The summed E-state index contributed by atoms with van der Waals surface area (Å²) in [5.74, 6) is 0. The number of aromatic nitrogens is 1. The van der Waals surface area contributed by atoms with Crippen LogP contribution in [0, 0.1) is 40.5 Å². The van der Waals surface area contributed by atoms with Crippen LogP contribution in [0.2, 0.25) is 0 Å². The zero-order valence-electron chi connectivity index (χ0n) is 38.0. The Morgan fingerprint density at radius 1 is 0.368 bits per heavy atom. The molecule has 16 heteroatoms. The van der Waals surface area contributed by atoms with Gasteiger partial charge in [0.25, 0.3) is 22.7 Å². The van der Waals surface area contributed by atoms with E-state index in [1.54, 1.807) is 60.9 Å². The van der Waals surface area contributed by atoms with Crippen molar-refractivity contribution in [2.24, 2.45) is 0 Å². The smallest absolute Gasteiger partial charge is 0.269 e. The van der Waals surface area contributed by atoms with Gasteiger partial charge in [-0.05, 0) is 71.1 Å². The summed E-state index contributed by atoms with van der Waals surface area (Å²) in [6.45, 7) is 8.25. The number of pyridine rings is 1. The second-order valence-electron chi connectivity index (χ2n) is 16.0. The van der Waals surface area contributed by atoms with Gasteiger partial charge in [-0.1, -0.05) is 116 Å². The molecular formula is C52H54N8O8. The second kappa shape index (κ2) is 26.8. The highest BCUT2D eigenvalue weighted by atomic mass is 16.6. The Morgan fingerprint density at radius 3 is 0.926 bits per heavy atom. The third-order valence-corrected chi connectivity index (χ3v) is 10.5. The van der Waals surface area contributed by atoms with Gasteiger partial charge in [0.05, 0.1) is 19.7 Å². The highest BCUT2D eigenvalue weighted by Gasteiger charge is 2.13. The van der Waals surface area contributed by atoms with Gasteiger partial charge in [0.1, 0.15) is 0 Å². The Kier molecular flexibility index (Phi) is 20.1. The number of nitro benzene ring substituents is 4. The topological polar surface area (TPSA) is 195 Å². The molecule has 0 aliphatic rings. The van der Waals surface area contributed by atoms with E-state index in [-0.39, 0.29) is 32.6 Å². The second-order valence-corrected chi connectivity index (χ2v) is 16.0. The summed E-state index contributed by atoms with van der Waals surface area (Å²) in [5.41, 5.74) is 8.22. The Balaban J connectivity index is 0.000000193. The molecule has 6 aromatic carbocycles. The molecule has 7 rings (SSSR count). The SMILES string of the molecule is CCCN(Cc1ccc([N+](=O)[O-])cc1)Cc1ccc([N+](=O)[O-])cc1.CN(Cc1ccncc1)Cc1ccc([N+](=O)[O-])cc1.O=[N+]([O-])c1ccc(CN(Cc2ccccc2)Cc2ccccc2)cc1. The third-order valence-electron chi connectivity index (χ3n) is 10.5. The lowest BCUT2D eigenvalue weighted by molar-refractivity contribution is -0.385. The van der Waals surface area contributed by atoms with Crippen molar-refractivity contribution < 1.29 is 19.7 Å². The number of non-ortho nitro benzene ring substituents is 4. The highest BCUT2D eigenvalue weighted by molar-refractivity contribution is 5.36. The third kappa shape index (κ3) is 17.7. The number of nitro groups is 4. The molecule has 350 valence electrons. The van der Waals surface area contributed by atoms with Crippen LogP contribution in [0.15, 0.2) is 182 Å². The van der Waals surface area contributed by atoms with E-state index in [0.29, 0.717) is 13.1 Å². The summed E-state index contributed by atoms with van der Waals surface area (Å²) >= 11 is 0. The van der Waals surface area contributed by atoms with Gasteiger partial charge in [0, 0.05) is 107 Å². The lowest BCUT2D eigenvalue weighted by atomic mass is 10.1. The molecule has 0 N–H and O–H groups in total. The van der Waals surface area contributed by atoms with Crippen LogP contribution >= 0.6 is 0 Å². The summed E-state index contributed by atoms with van der Waals surface area (Å²) in [7, 11) is 2.02. The summed E-state index contributed by atoms with van der Waals surface area (Å²) in [5, 5.41) is 42.8. The number of hydrogen-bond donors (Lipinski definition) is 0. The fourth-order valence-electron chi connectivity index (χ4n) is 7.22. The van der Waals surface area contributed by atoms with E-state index < -0.39 is 9.85 Å². The van der Waals surface area contributed by atoms with Gasteiger partial charge in [-0.15, -0.1) is 0 Å². The molecule has 1 aromatic heterocycles. The van der Waals surface area contributed by atoms with E-state index in [1.807, 2.05) is 67.7 Å². The maximum absolute atomic E-state index is 10.8.